The van der Waals surface area contributed by atoms with Crippen molar-refractivity contribution in [3.8, 4) is 17.2 Å². The first-order valence-electron chi connectivity index (χ1n) is 5.50. The van der Waals surface area contributed by atoms with Crippen LogP contribution < -0.4 is 19.9 Å². The van der Waals surface area contributed by atoms with E-state index in [1.54, 1.807) is 21.3 Å². The zero-order chi connectivity index (χ0) is 13.1. The molecule has 96 valence electrons. The van der Waals surface area contributed by atoms with E-state index in [9.17, 15) is 0 Å². The van der Waals surface area contributed by atoms with Gasteiger partial charge in [-0.3, -0.25) is 0 Å². The highest BCUT2D eigenvalue weighted by atomic mass is 16.5. The predicted octanol–water partition coefficient (Wildman–Crippen LogP) is 1.95. The normalized spacial score (nSPS) is 11.2. The van der Waals surface area contributed by atoms with Crippen LogP contribution in [0.2, 0.25) is 0 Å². The van der Waals surface area contributed by atoms with Gasteiger partial charge in [-0.05, 0) is 17.7 Å². The van der Waals surface area contributed by atoms with E-state index in [-0.39, 0.29) is 5.41 Å². The Hall–Kier alpha value is -1.42. The van der Waals surface area contributed by atoms with Crippen molar-refractivity contribution in [2.75, 3.05) is 27.9 Å². The molecule has 0 bridgehead atoms. The van der Waals surface area contributed by atoms with E-state index in [1.165, 1.54) is 0 Å². The third-order valence-electron chi connectivity index (χ3n) is 2.96. The molecular formula is C13H21NO3. The molecule has 0 spiro atoms. The third kappa shape index (κ3) is 2.64. The van der Waals surface area contributed by atoms with Gasteiger partial charge in [-0.25, -0.2) is 0 Å². The van der Waals surface area contributed by atoms with Gasteiger partial charge in [0.15, 0.2) is 11.5 Å². The Morgan fingerprint density at radius 2 is 1.47 bits per heavy atom. The van der Waals surface area contributed by atoms with Gasteiger partial charge >= 0.3 is 0 Å². The van der Waals surface area contributed by atoms with Crippen molar-refractivity contribution in [1.82, 2.24) is 0 Å². The van der Waals surface area contributed by atoms with E-state index in [2.05, 4.69) is 13.8 Å². The molecule has 0 atom stereocenters. The summed E-state index contributed by atoms with van der Waals surface area (Å²) in [6.07, 6.45) is 0. The van der Waals surface area contributed by atoms with Gasteiger partial charge in [0.05, 0.1) is 21.3 Å². The molecule has 0 radical (unpaired) electrons. The molecule has 0 saturated heterocycles. The molecule has 17 heavy (non-hydrogen) atoms. The average molecular weight is 239 g/mol. The molecule has 0 aromatic heterocycles. The maximum absolute atomic E-state index is 5.78. The largest absolute Gasteiger partial charge is 0.493 e. The summed E-state index contributed by atoms with van der Waals surface area (Å²) in [5, 5.41) is 0. The van der Waals surface area contributed by atoms with Gasteiger partial charge in [-0.15, -0.1) is 0 Å². The van der Waals surface area contributed by atoms with E-state index >= 15 is 0 Å². The number of hydrogen-bond donors (Lipinski definition) is 1. The molecule has 0 fully saturated rings. The molecule has 1 aromatic rings. The Kier molecular flexibility index (Phi) is 4.23. The van der Waals surface area contributed by atoms with Crippen LogP contribution in [0.3, 0.4) is 0 Å². The zero-order valence-corrected chi connectivity index (χ0v) is 11.2. The van der Waals surface area contributed by atoms with Crippen LogP contribution in [-0.2, 0) is 5.41 Å². The van der Waals surface area contributed by atoms with E-state index in [4.69, 9.17) is 19.9 Å². The maximum atomic E-state index is 5.78. The quantitative estimate of drug-likeness (QED) is 0.853. The van der Waals surface area contributed by atoms with E-state index in [0.717, 1.165) is 5.56 Å². The van der Waals surface area contributed by atoms with Crippen LogP contribution in [0.25, 0.3) is 0 Å². The van der Waals surface area contributed by atoms with Crippen LogP contribution in [0.4, 0.5) is 0 Å². The van der Waals surface area contributed by atoms with Gasteiger partial charge in [-0.1, -0.05) is 13.8 Å². The van der Waals surface area contributed by atoms with Crippen molar-refractivity contribution in [2.24, 2.45) is 5.73 Å². The molecule has 0 amide bonds. The number of methoxy groups -OCH3 is 3. The summed E-state index contributed by atoms with van der Waals surface area (Å²) in [4.78, 5) is 0. The second kappa shape index (κ2) is 5.27. The van der Waals surface area contributed by atoms with Gasteiger partial charge in [0.1, 0.15) is 0 Å². The Bertz CT molecular complexity index is 363. The molecule has 0 heterocycles. The number of hydrogen-bond acceptors (Lipinski definition) is 4. The van der Waals surface area contributed by atoms with E-state index in [0.29, 0.717) is 23.8 Å². The highest BCUT2D eigenvalue weighted by molar-refractivity contribution is 5.55. The summed E-state index contributed by atoms with van der Waals surface area (Å²) in [5.41, 5.74) is 6.71. The molecule has 0 unspecified atom stereocenters. The van der Waals surface area contributed by atoms with Crippen molar-refractivity contribution >= 4 is 0 Å². The lowest BCUT2D eigenvalue weighted by Crippen LogP contribution is -2.28. The van der Waals surface area contributed by atoms with Crippen LogP contribution in [0.15, 0.2) is 12.1 Å². The van der Waals surface area contributed by atoms with Crippen LogP contribution in [-0.4, -0.2) is 27.9 Å². The minimum absolute atomic E-state index is 0.132. The Morgan fingerprint density at radius 1 is 1.00 bits per heavy atom. The number of nitrogens with two attached hydrogens (primary N) is 1. The molecule has 4 nitrogen and oxygen atoms in total. The Balaban J connectivity index is 3.37. The topological polar surface area (TPSA) is 53.7 Å². The molecule has 0 aliphatic carbocycles. The molecular weight excluding hydrogens is 218 g/mol. The minimum Gasteiger partial charge on any atom is -0.493 e. The van der Waals surface area contributed by atoms with Gasteiger partial charge in [-0.2, -0.15) is 0 Å². The van der Waals surface area contributed by atoms with E-state index < -0.39 is 0 Å². The second-order valence-corrected chi connectivity index (χ2v) is 4.50. The smallest absolute Gasteiger partial charge is 0.203 e. The summed E-state index contributed by atoms with van der Waals surface area (Å²) in [6.45, 7) is 4.70. The lowest BCUT2D eigenvalue weighted by Gasteiger charge is -2.25. The molecule has 2 N–H and O–H groups in total. The second-order valence-electron chi connectivity index (χ2n) is 4.50. The van der Waals surface area contributed by atoms with Crippen molar-refractivity contribution < 1.29 is 14.2 Å². The van der Waals surface area contributed by atoms with Gasteiger partial charge in [0.2, 0.25) is 5.75 Å². The standard InChI is InChI=1S/C13H21NO3/c1-13(2,8-14)9-6-10(15-3)12(17-5)11(7-9)16-4/h6-7H,8,14H2,1-5H3. The number of rotatable bonds is 5. The number of ether oxygens (including phenoxy) is 3. The molecule has 4 heteroatoms. The Labute approximate surface area is 103 Å². The van der Waals surface area contributed by atoms with Gasteiger partial charge < -0.3 is 19.9 Å². The van der Waals surface area contributed by atoms with Crippen molar-refractivity contribution in [1.29, 1.82) is 0 Å². The van der Waals surface area contributed by atoms with Gasteiger partial charge in [0.25, 0.3) is 0 Å². The zero-order valence-electron chi connectivity index (χ0n) is 11.2. The maximum Gasteiger partial charge on any atom is 0.203 e. The fourth-order valence-electron chi connectivity index (χ4n) is 1.59. The van der Waals surface area contributed by atoms with Crippen molar-refractivity contribution in [3.63, 3.8) is 0 Å². The van der Waals surface area contributed by atoms with Crippen molar-refractivity contribution in [2.45, 2.75) is 19.3 Å². The van der Waals surface area contributed by atoms with E-state index in [1.807, 2.05) is 12.1 Å². The first-order chi connectivity index (χ1) is 8.00. The molecule has 1 aromatic carbocycles. The van der Waals surface area contributed by atoms with Gasteiger partial charge in [0, 0.05) is 12.0 Å². The molecule has 1 rings (SSSR count). The first-order valence-corrected chi connectivity index (χ1v) is 5.50. The fourth-order valence-corrected chi connectivity index (χ4v) is 1.59. The molecule has 0 saturated carbocycles. The van der Waals surface area contributed by atoms with Crippen LogP contribution in [0.5, 0.6) is 17.2 Å². The molecule has 0 aliphatic heterocycles. The SMILES string of the molecule is COc1cc(C(C)(C)CN)cc(OC)c1OC. The van der Waals surface area contributed by atoms with Crippen LogP contribution in [0.1, 0.15) is 19.4 Å². The Morgan fingerprint density at radius 3 is 1.76 bits per heavy atom. The van der Waals surface area contributed by atoms with Crippen LogP contribution >= 0.6 is 0 Å². The average Bonchev–Trinajstić information content (AvgIpc) is 2.36. The first kappa shape index (κ1) is 13.6. The molecule has 0 aliphatic rings. The summed E-state index contributed by atoms with van der Waals surface area (Å²) in [6, 6.07) is 3.88. The summed E-state index contributed by atoms with van der Waals surface area (Å²) >= 11 is 0. The predicted molar refractivity (Wildman–Crippen MR) is 68.2 cm³/mol. The monoisotopic (exact) mass is 239 g/mol. The highest BCUT2D eigenvalue weighted by Gasteiger charge is 2.23. The fraction of sp³-hybridized carbons (Fsp3) is 0.538. The minimum atomic E-state index is -0.132. The summed E-state index contributed by atoms with van der Waals surface area (Å²) < 4.78 is 15.9. The third-order valence-corrected chi connectivity index (χ3v) is 2.96. The lowest BCUT2D eigenvalue weighted by atomic mass is 9.84. The lowest BCUT2D eigenvalue weighted by molar-refractivity contribution is 0.322. The highest BCUT2D eigenvalue weighted by Crippen LogP contribution is 2.41. The van der Waals surface area contributed by atoms with Crippen molar-refractivity contribution in [3.05, 3.63) is 17.7 Å². The van der Waals surface area contributed by atoms with Crippen LogP contribution in [0, 0.1) is 0 Å². The number of benzene rings is 1. The summed E-state index contributed by atoms with van der Waals surface area (Å²) in [5.74, 6) is 1.92. The summed E-state index contributed by atoms with van der Waals surface area (Å²) in [7, 11) is 4.81.